The summed E-state index contributed by atoms with van der Waals surface area (Å²) in [6.07, 6.45) is 0. The molecular formula is C12H14N2O3S. The van der Waals surface area contributed by atoms with Crippen LogP contribution in [0.1, 0.15) is 6.92 Å². The Morgan fingerprint density at radius 3 is 2.67 bits per heavy atom. The van der Waals surface area contributed by atoms with Crippen LogP contribution in [-0.4, -0.2) is 33.9 Å². The smallest absolute Gasteiger partial charge is 0.198 e. The van der Waals surface area contributed by atoms with Crippen molar-refractivity contribution < 1.29 is 13.2 Å². The van der Waals surface area contributed by atoms with Gasteiger partial charge in [-0.05, 0) is 19.1 Å². The Morgan fingerprint density at radius 1 is 1.44 bits per heavy atom. The highest BCUT2D eigenvalue weighted by Crippen LogP contribution is 2.38. The number of benzene rings is 1. The molecule has 0 saturated carbocycles. The van der Waals surface area contributed by atoms with E-state index in [1.54, 1.807) is 31.0 Å². The van der Waals surface area contributed by atoms with Crippen LogP contribution in [0.3, 0.4) is 0 Å². The molecule has 1 aliphatic rings. The van der Waals surface area contributed by atoms with Crippen molar-refractivity contribution in [3.8, 4) is 11.8 Å². The Balaban J connectivity index is 2.71. The third-order valence-corrected chi connectivity index (χ3v) is 5.49. The first-order chi connectivity index (χ1) is 8.43. The zero-order valence-corrected chi connectivity index (χ0v) is 11.2. The lowest BCUT2D eigenvalue weighted by molar-refractivity contribution is 0.414. The number of hydrogen-bond donors (Lipinski definition) is 0. The molecule has 5 nitrogen and oxygen atoms in total. The van der Waals surface area contributed by atoms with E-state index < -0.39 is 15.1 Å². The van der Waals surface area contributed by atoms with Crippen LogP contribution in [0.4, 0.5) is 5.69 Å². The van der Waals surface area contributed by atoms with E-state index in [-0.39, 0.29) is 10.9 Å². The van der Waals surface area contributed by atoms with Crippen LogP contribution in [0.15, 0.2) is 23.1 Å². The van der Waals surface area contributed by atoms with E-state index in [1.165, 1.54) is 13.2 Å². The van der Waals surface area contributed by atoms with Gasteiger partial charge < -0.3 is 9.64 Å². The molecule has 0 bridgehead atoms. The minimum Gasteiger partial charge on any atom is -0.497 e. The molecular weight excluding hydrogens is 252 g/mol. The van der Waals surface area contributed by atoms with Crippen molar-refractivity contribution in [2.45, 2.75) is 23.1 Å². The molecule has 0 fully saturated rings. The van der Waals surface area contributed by atoms with E-state index in [0.29, 0.717) is 11.4 Å². The van der Waals surface area contributed by atoms with Crippen LogP contribution in [0.25, 0.3) is 0 Å². The fourth-order valence-corrected chi connectivity index (χ4v) is 4.00. The molecule has 2 unspecified atom stereocenters. The Labute approximate surface area is 107 Å². The van der Waals surface area contributed by atoms with Gasteiger partial charge in [-0.1, -0.05) is 0 Å². The summed E-state index contributed by atoms with van der Waals surface area (Å²) in [7, 11) is -0.290. The number of sulfone groups is 1. The number of methoxy groups -OCH3 is 1. The van der Waals surface area contributed by atoms with Gasteiger partial charge in [0.1, 0.15) is 5.75 Å². The van der Waals surface area contributed by atoms with Gasteiger partial charge in [-0.25, -0.2) is 8.42 Å². The molecule has 1 aromatic rings. The van der Waals surface area contributed by atoms with Gasteiger partial charge in [0, 0.05) is 13.1 Å². The molecule has 1 aromatic carbocycles. The predicted octanol–water partition coefficient (Wildman–Crippen LogP) is 1.20. The summed E-state index contributed by atoms with van der Waals surface area (Å²) < 4.78 is 29.7. The molecule has 0 aliphatic carbocycles. The SMILES string of the molecule is COc1ccc2c(c1)N(C)C(C)C(C#N)S2(=O)=O. The van der Waals surface area contributed by atoms with Gasteiger partial charge >= 0.3 is 0 Å². The lowest BCUT2D eigenvalue weighted by atomic mass is 10.1. The zero-order valence-electron chi connectivity index (χ0n) is 10.4. The number of rotatable bonds is 1. The van der Waals surface area contributed by atoms with Crippen LogP contribution in [-0.2, 0) is 9.84 Å². The van der Waals surface area contributed by atoms with Gasteiger partial charge in [-0.2, -0.15) is 5.26 Å². The van der Waals surface area contributed by atoms with Crippen molar-refractivity contribution in [3.63, 3.8) is 0 Å². The third kappa shape index (κ3) is 1.63. The second-order valence-corrected chi connectivity index (χ2v) is 6.32. The maximum Gasteiger partial charge on any atom is 0.198 e. The molecule has 96 valence electrons. The second-order valence-electron chi connectivity index (χ2n) is 4.28. The van der Waals surface area contributed by atoms with Gasteiger partial charge in [0.2, 0.25) is 0 Å². The van der Waals surface area contributed by atoms with E-state index in [4.69, 9.17) is 10.00 Å². The minimum absolute atomic E-state index is 0.190. The van der Waals surface area contributed by atoms with Crippen molar-refractivity contribution in [2.75, 3.05) is 19.1 Å². The molecule has 0 amide bonds. The van der Waals surface area contributed by atoms with E-state index in [0.717, 1.165) is 0 Å². The average Bonchev–Trinajstić information content (AvgIpc) is 2.36. The number of anilines is 1. The summed E-state index contributed by atoms with van der Waals surface area (Å²) in [6, 6.07) is 6.26. The maximum atomic E-state index is 12.3. The summed E-state index contributed by atoms with van der Waals surface area (Å²) in [5.41, 5.74) is 0.577. The number of nitrogens with zero attached hydrogens (tertiary/aromatic N) is 2. The molecule has 0 saturated heterocycles. The molecule has 6 heteroatoms. The molecule has 1 aliphatic heterocycles. The number of nitriles is 1. The Hall–Kier alpha value is -1.74. The monoisotopic (exact) mass is 266 g/mol. The maximum absolute atomic E-state index is 12.3. The molecule has 0 spiro atoms. The molecule has 2 atom stereocenters. The summed E-state index contributed by atoms with van der Waals surface area (Å²) in [5, 5.41) is 8.02. The number of ether oxygens (including phenoxy) is 1. The van der Waals surface area contributed by atoms with Gasteiger partial charge in [-0.3, -0.25) is 0 Å². The van der Waals surface area contributed by atoms with Crippen LogP contribution < -0.4 is 9.64 Å². The van der Waals surface area contributed by atoms with Gasteiger partial charge in [0.05, 0.1) is 29.8 Å². The third-order valence-electron chi connectivity index (χ3n) is 3.36. The standard InChI is InChI=1S/C12H14N2O3S/c1-8-12(7-13)18(15,16)11-5-4-9(17-3)6-10(11)14(8)2/h4-6,8,12H,1-3H3. The van der Waals surface area contributed by atoms with E-state index in [9.17, 15) is 8.42 Å². The van der Waals surface area contributed by atoms with Crippen LogP contribution in [0.5, 0.6) is 5.75 Å². The average molecular weight is 266 g/mol. The summed E-state index contributed by atoms with van der Waals surface area (Å²) in [6.45, 7) is 1.73. The van der Waals surface area contributed by atoms with Crippen molar-refractivity contribution >= 4 is 15.5 Å². The van der Waals surface area contributed by atoms with E-state index in [2.05, 4.69) is 0 Å². The first kappa shape index (κ1) is 12.7. The quantitative estimate of drug-likeness (QED) is 0.764. The molecule has 1 heterocycles. The van der Waals surface area contributed by atoms with Crippen LogP contribution in [0, 0.1) is 11.3 Å². The Kier molecular flexibility index (Phi) is 2.95. The van der Waals surface area contributed by atoms with Crippen LogP contribution in [0.2, 0.25) is 0 Å². The molecule has 0 aromatic heterocycles. The highest BCUT2D eigenvalue weighted by atomic mass is 32.2. The van der Waals surface area contributed by atoms with Crippen molar-refractivity contribution in [3.05, 3.63) is 18.2 Å². The minimum atomic E-state index is -3.60. The van der Waals surface area contributed by atoms with Crippen molar-refractivity contribution in [2.24, 2.45) is 0 Å². The fourth-order valence-electron chi connectivity index (χ4n) is 2.14. The molecule has 0 N–H and O–H groups in total. The lowest BCUT2D eigenvalue weighted by Crippen LogP contribution is -2.47. The topological polar surface area (TPSA) is 70.4 Å². The first-order valence-electron chi connectivity index (χ1n) is 5.48. The summed E-state index contributed by atoms with van der Waals surface area (Å²) in [5.74, 6) is 0.596. The Morgan fingerprint density at radius 2 is 2.11 bits per heavy atom. The fraction of sp³-hybridized carbons (Fsp3) is 0.417. The predicted molar refractivity (Wildman–Crippen MR) is 67.4 cm³/mol. The molecule has 2 rings (SSSR count). The van der Waals surface area contributed by atoms with E-state index >= 15 is 0 Å². The highest BCUT2D eigenvalue weighted by molar-refractivity contribution is 7.92. The largest absolute Gasteiger partial charge is 0.497 e. The highest BCUT2D eigenvalue weighted by Gasteiger charge is 2.41. The number of fused-ring (bicyclic) bond motifs is 1. The van der Waals surface area contributed by atoms with Crippen LogP contribution >= 0.6 is 0 Å². The molecule has 0 radical (unpaired) electrons. The van der Waals surface area contributed by atoms with Gasteiger partial charge in [0.15, 0.2) is 15.1 Å². The van der Waals surface area contributed by atoms with Crippen molar-refractivity contribution in [1.29, 1.82) is 5.26 Å². The lowest BCUT2D eigenvalue weighted by Gasteiger charge is -2.36. The van der Waals surface area contributed by atoms with Gasteiger partial charge in [0.25, 0.3) is 0 Å². The number of hydrogen-bond acceptors (Lipinski definition) is 5. The van der Waals surface area contributed by atoms with Crippen molar-refractivity contribution in [1.82, 2.24) is 0 Å². The summed E-state index contributed by atoms with van der Waals surface area (Å²) in [4.78, 5) is 1.99. The zero-order chi connectivity index (χ0) is 13.5. The second kappa shape index (κ2) is 4.18. The first-order valence-corrected chi connectivity index (χ1v) is 7.02. The summed E-state index contributed by atoms with van der Waals surface area (Å²) >= 11 is 0. The van der Waals surface area contributed by atoms with E-state index in [1.807, 2.05) is 6.07 Å². The molecule has 18 heavy (non-hydrogen) atoms. The Bertz CT molecular complexity index is 619. The van der Waals surface area contributed by atoms with Gasteiger partial charge in [-0.15, -0.1) is 0 Å². The normalized spacial score (nSPS) is 25.1.